The van der Waals surface area contributed by atoms with E-state index in [1.54, 1.807) is 0 Å². The van der Waals surface area contributed by atoms with Gasteiger partial charge in [0.1, 0.15) is 0 Å². The SMILES string of the molecule is Cc1ccc(-c2nc3c(-c4ccc(C)cc4)ccc(-c4ccc(C)cc4)c3nc2-c2ccccc2)cc1. The second-order valence-corrected chi connectivity index (χ2v) is 9.74. The Balaban J connectivity index is 1.71. The van der Waals surface area contributed by atoms with Crippen LogP contribution in [0.25, 0.3) is 55.8 Å². The van der Waals surface area contributed by atoms with Gasteiger partial charge in [0.05, 0.1) is 22.4 Å². The number of aryl methyl sites for hydroxylation is 3. The van der Waals surface area contributed by atoms with Gasteiger partial charge in [-0.1, -0.05) is 132 Å². The van der Waals surface area contributed by atoms with E-state index in [1.165, 1.54) is 16.7 Å². The van der Waals surface area contributed by atoms with Gasteiger partial charge in [-0.25, -0.2) is 9.97 Å². The number of fused-ring (bicyclic) bond motifs is 1. The minimum absolute atomic E-state index is 0.895. The van der Waals surface area contributed by atoms with Crippen LogP contribution in [0, 0.1) is 20.8 Å². The molecule has 0 aliphatic rings. The molecule has 178 valence electrons. The fourth-order valence-electron chi connectivity index (χ4n) is 4.78. The third-order valence-corrected chi connectivity index (χ3v) is 6.92. The first-order valence-corrected chi connectivity index (χ1v) is 12.7. The summed E-state index contributed by atoms with van der Waals surface area (Å²) in [7, 11) is 0. The zero-order valence-electron chi connectivity index (χ0n) is 21.4. The number of hydrogen-bond acceptors (Lipinski definition) is 2. The maximum Gasteiger partial charge on any atom is 0.0979 e. The van der Waals surface area contributed by atoms with Crippen molar-refractivity contribution in [3.63, 3.8) is 0 Å². The average molecular weight is 477 g/mol. The number of benzene rings is 5. The molecule has 6 aromatic rings. The van der Waals surface area contributed by atoms with Gasteiger partial charge in [-0.15, -0.1) is 0 Å². The van der Waals surface area contributed by atoms with Crippen molar-refractivity contribution in [2.75, 3.05) is 0 Å². The topological polar surface area (TPSA) is 25.8 Å². The van der Waals surface area contributed by atoms with Crippen LogP contribution in [0.2, 0.25) is 0 Å². The largest absolute Gasteiger partial charge is 0.243 e. The molecule has 0 radical (unpaired) electrons. The fraction of sp³-hybridized carbons (Fsp3) is 0.0857. The molecule has 0 bridgehead atoms. The predicted octanol–water partition coefficient (Wildman–Crippen LogP) is 9.22. The van der Waals surface area contributed by atoms with Crippen LogP contribution < -0.4 is 0 Å². The molecule has 0 atom stereocenters. The Labute approximate surface area is 218 Å². The van der Waals surface area contributed by atoms with E-state index in [1.807, 2.05) is 6.07 Å². The van der Waals surface area contributed by atoms with Crippen molar-refractivity contribution in [1.29, 1.82) is 0 Å². The van der Waals surface area contributed by atoms with Gasteiger partial charge in [-0.2, -0.15) is 0 Å². The van der Waals surface area contributed by atoms with Gasteiger partial charge < -0.3 is 0 Å². The molecule has 2 nitrogen and oxygen atoms in total. The van der Waals surface area contributed by atoms with E-state index in [0.29, 0.717) is 0 Å². The van der Waals surface area contributed by atoms with E-state index >= 15 is 0 Å². The molecule has 2 heteroatoms. The summed E-state index contributed by atoms with van der Waals surface area (Å²) in [6, 6.07) is 40.7. The van der Waals surface area contributed by atoms with Crippen LogP contribution >= 0.6 is 0 Å². The molecule has 0 saturated heterocycles. The van der Waals surface area contributed by atoms with E-state index in [2.05, 4.69) is 130 Å². The lowest BCUT2D eigenvalue weighted by Gasteiger charge is -2.16. The molecule has 0 unspecified atom stereocenters. The highest BCUT2D eigenvalue weighted by atomic mass is 14.8. The summed E-state index contributed by atoms with van der Waals surface area (Å²) in [6.07, 6.45) is 0. The number of aromatic nitrogens is 2. The minimum atomic E-state index is 0.895. The standard InChI is InChI=1S/C35H28N2/c1-23-9-15-26(16-10-23)30-21-22-31(27-17-11-24(2)12-18-27)35-34(30)36-32(28-7-5-4-6-8-28)33(37-35)29-19-13-25(3)14-20-29/h4-22H,1-3H3. The summed E-state index contributed by atoms with van der Waals surface area (Å²) >= 11 is 0. The first-order chi connectivity index (χ1) is 18.1. The average Bonchev–Trinajstić information content (AvgIpc) is 2.94. The van der Waals surface area contributed by atoms with Crippen molar-refractivity contribution < 1.29 is 0 Å². The van der Waals surface area contributed by atoms with Crippen molar-refractivity contribution >= 4 is 11.0 Å². The molecule has 0 spiro atoms. The van der Waals surface area contributed by atoms with Crippen molar-refractivity contribution in [2.24, 2.45) is 0 Å². The van der Waals surface area contributed by atoms with E-state index in [0.717, 1.165) is 55.8 Å². The maximum absolute atomic E-state index is 5.39. The first kappa shape index (κ1) is 22.9. The maximum atomic E-state index is 5.39. The Bertz CT molecular complexity index is 1700. The third-order valence-electron chi connectivity index (χ3n) is 6.92. The fourth-order valence-corrected chi connectivity index (χ4v) is 4.78. The van der Waals surface area contributed by atoms with E-state index in [9.17, 15) is 0 Å². The predicted molar refractivity (Wildman–Crippen MR) is 155 cm³/mol. The minimum Gasteiger partial charge on any atom is -0.243 e. The third kappa shape index (κ3) is 4.43. The molecule has 0 saturated carbocycles. The summed E-state index contributed by atoms with van der Waals surface area (Å²) in [5.41, 5.74) is 13.9. The van der Waals surface area contributed by atoms with Crippen LogP contribution in [0.4, 0.5) is 0 Å². The molecule has 37 heavy (non-hydrogen) atoms. The lowest BCUT2D eigenvalue weighted by Crippen LogP contribution is -1.99. The normalized spacial score (nSPS) is 11.1. The Hall–Kier alpha value is -4.56. The summed E-state index contributed by atoms with van der Waals surface area (Å²) in [4.78, 5) is 10.8. The quantitative estimate of drug-likeness (QED) is 0.253. The summed E-state index contributed by atoms with van der Waals surface area (Å²) in [5.74, 6) is 0. The molecule has 0 aliphatic carbocycles. The van der Waals surface area contributed by atoms with Gasteiger partial charge in [0, 0.05) is 22.3 Å². The molecule has 6 rings (SSSR count). The first-order valence-electron chi connectivity index (χ1n) is 12.7. The van der Waals surface area contributed by atoms with Crippen molar-refractivity contribution in [2.45, 2.75) is 20.8 Å². The monoisotopic (exact) mass is 476 g/mol. The molecule has 5 aromatic carbocycles. The zero-order valence-corrected chi connectivity index (χ0v) is 21.4. The summed E-state index contributed by atoms with van der Waals surface area (Å²) in [6.45, 7) is 6.34. The van der Waals surface area contributed by atoms with Crippen LogP contribution in [-0.2, 0) is 0 Å². The highest BCUT2D eigenvalue weighted by Crippen LogP contribution is 2.38. The molecule has 1 heterocycles. The molecular weight excluding hydrogens is 448 g/mol. The smallest absolute Gasteiger partial charge is 0.0979 e. The second-order valence-electron chi connectivity index (χ2n) is 9.74. The molecule has 0 N–H and O–H groups in total. The zero-order chi connectivity index (χ0) is 25.4. The number of nitrogens with zero attached hydrogens (tertiary/aromatic N) is 2. The van der Waals surface area contributed by atoms with E-state index < -0.39 is 0 Å². The van der Waals surface area contributed by atoms with Gasteiger partial charge in [0.25, 0.3) is 0 Å². The van der Waals surface area contributed by atoms with E-state index in [-0.39, 0.29) is 0 Å². The molecular formula is C35H28N2. The molecule has 0 fully saturated rings. The van der Waals surface area contributed by atoms with Crippen LogP contribution in [0.3, 0.4) is 0 Å². The number of rotatable bonds is 4. The highest BCUT2D eigenvalue weighted by molar-refractivity contribution is 6.02. The van der Waals surface area contributed by atoms with Crippen molar-refractivity contribution in [3.8, 4) is 44.8 Å². The van der Waals surface area contributed by atoms with E-state index in [4.69, 9.17) is 9.97 Å². The van der Waals surface area contributed by atoms with Crippen molar-refractivity contribution in [3.05, 3.63) is 132 Å². The Morgan fingerprint density at radius 1 is 0.351 bits per heavy atom. The number of hydrogen-bond donors (Lipinski definition) is 0. The Morgan fingerprint density at radius 2 is 0.703 bits per heavy atom. The molecule has 1 aromatic heterocycles. The van der Waals surface area contributed by atoms with Crippen LogP contribution in [0.1, 0.15) is 16.7 Å². The Kier molecular flexibility index (Phi) is 5.86. The lowest BCUT2D eigenvalue weighted by molar-refractivity contribution is 1.29. The van der Waals surface area contributed by atoms with Crippen LogP contribution in [0.15, 0.2) is 115 Å². The van der Waals surface area contributed by atoms with Gasteiger partial charge >= 0.3 is 0 Å². The second kappa shape index (κ2) is 9.48. The van der Waals surface area contributed by atoms with Gasteiger partial charge in [-0.05, 0) is 31.9 Å². The summed E-state index contributed by atoms with van der Waals surface area (Å²) in [5, 5.41) is 0. The van der Waals surface area contributed by atoms with Crippen LogP contribution in [-0.4, -0.2) is 9.97 Å². The van der Waals surface area contributed by atoms with Crippen LogP contribution in [0.5, 0.6) is 0 Å². The van der Waals surface area contributed by atoms with Gasteiger partial charge in [-0.3, -0.25) is 0 Å². The highest BCUT2D eigenvalue weighted by Gasteiger charge is 2.18. The van der Waals surface area contributed by atoms with Gasteiger partial charge in [0.2, 0.25) is 0 Å². The lowest BCUT2D eigenvalue weighted by atomic mass is 9.95. The summed E-state index contributed by atoms with van der Waals surface area (Å²) < 4.78 is 0. The Morgan fingerprint density at radius 3 is 1.11 bits per heavy atom. The van der Waals surface area contributed by atoms with Gasteiger partial charge in [0.15, 0.2) is 0 Å². The molecule has 0 aliphatic heterocycles. The van der Waals surface area contributed by atoms with Crippen molar-refractivity contribution in [1.82, 2.24) is 9.97 Å². The molecule has 0 amide bonds.